The average Bonchev–Trinajstić information content (AvgIpc) is 2.45. The van der Waals surface area contributed by atoms with E-state index in [1.54, 1.807) is 12.1 Å². The molecule has 2 nitrogen and oxygen atoms in total. The SMILES string of the molecule is CC(C)Oc1cccc(C(C)NCc2ccccc2F)c1. The molecule has 0 aliphatic carbocycles. The molecular weight excluding hydrogens is 265 g/mol. The van der Waals surface area contributed by atoms with Gasteiger partial charge < -0.3 is 10.1 Å². The van der Waals surface area contributed by atoms with Gasteiger partial charge in [0.25, 0.3) is 0 Å². The van der Waals surface area contributed by atoms with Gasteiger partial charge >= 0.3 is 0 Å². The highest BCUT2D eigenvalue weighted by atomic mass is 19.1. The first-order valence-corrected chi connectivity index (χ1v) is 7.29. The van der Waals surface area contributed by atoms with Crippen LogP contribution < -0.4 is 10.1 Å². The van der Waals surface area contributed by atoms with E-state index >= 15 is 0 Å². The molecule has 21 heavy (non-hydrogen) atoms. The van der Waals surface area contributed by atoms with E-state index in [0.717, 1.165) is 11.3 Å². The molecule has 0 aliphatic heterocycles. The molecule has 112 valence electrons. The first-order valence-electron chi connectivity index (χ1n) is 7.29. The van der Waals surface area contributed by atoms with Gasteiger partial charge in [0.2, 0.25) is 0 Å². The number of halogens is 1. The molecule has 0 aromatic heterocycles. The highest BCUT2D eigenvalue weighted by Gasteiger charge is 2.08. The Morgan fingerprint density at radius 1 is 1.05 bits per heavy atom. The predicted octanol–water partition coefficient (Wildman–Crippen LogP) is 4.46. The molecule has 0 amide bonds. The van der Waals surface area contributed by atoms with Crippen molar-refractivity contribution in [1.82, 2.24) is 5.32 Å². The summed E-state index contributed by atoms with van der Waals surface area (Å²) < 4.78 is 19.3. The molecule has 1 N–H and O–H groups in total. The molecule has 2 rings (SSSR count). The van der Waals surface area contributed by atoms with Crippen molar-refractivity contribution in [2.75, 3.05) is 0 Å². The molecule has 0 heterocycles. The Balaban J connectivity index is 2.00. The Labute approximate surface area is 126 Å². The van der Waals surface area contributed by atoms with Gasteiger partial charge in [-0.1, -0.05) is 30.3 Å². The fourth-order valence-corrected chi connectivity index (χ4v) is 2.15. The summed E-state index contributed by atoms with van der Waals surface area (Å²) in [4.78, 5) is 0. The summed E-state index contributed by atoms with van der Waals surface area (Å²) >= 11 is 0. The molecular formula is C18H22FNO. The fraction of sp³-hybridized carbons (Fsp3) is 0.333. The number of nitrogens with one attached hydrogen (secondary N) is 1. The quantitative estimate of drug-likeness (QED) is 0.846. The zero-order chi connectivity index (χ0) is 15.2. The maximum Gasteiger partial charge on any atom is 0.127 e. The van der Waals surface area contributed by atoms with E-state index in [0.29, 0.717) is 12.1 Å². The maximum atomic E-state index is 13.6. The van der Waals surface area contributed by atoms with Gasteiger partial charge in [0.1, 0.15) is 11.6 Å². The average molecular weight is 287 g/mol. The smallest absolute Gasteiger partial charge is 0.127 e. The maximum absolute atomic E-state index is 13.6. The van der Waals surface area contributed by atoms with Gasteiger partial charge in [-0.2, -0.15) is 0 Å². The van der Waals surface area contributed by atoms with Crippen molar-refractivity contribution in [2.24, 2.45) is 0 Å². The van der Waals surface area contributed by atoms with Crippen LogP contribution in [0.3, 0.4) is 0 Å². The molecule has 0 spiro atoms. The number of hydrogen-bond donors (Lipinski definition) is 1. The minimum atomic E-state index is -0.172. The summed E-state index contributed by atoms with van der Waals surface area (Å²) in [5, 5.41) is 3.34. The van der Waals surface area contributed by atoms with Gasteiger partial charge in [-0.25, -0.2) is 4.39 Å². The van der Waals surface area contributed by atoms with Gasteiger partial charge in [-0.05, 0) is 44.5 Å². The summed E-state index contributed by atoms with van der Waals surface area (Å²) in [5.41, 5.74) is 1.81. The van der Waals surface area contributed by atoms with Crippen LogP contribution in [-0.4, -0.2) is 6.10 Å². The van der Waals surface area contributed by atoms with E-state index in [1.165, 1.54) is 6.07 Å². The lowest BCUT2D eigenvalue weighted by Crippen LogP contribution is -2.19. The molecule has 2 aromatic carbocycles. The zero-order valence-electron chi connectivity index (χ0n) is 12.8. The third-order valence-corrected chi connectivity index (χ3v) is 3.29. The molecule has 1 atom stereocenters. The molecule has 3 heteroatoms. The summed E-state index contributed by atoms with van der Waals surface area (Å²) in [6, 6.07) is 15.0. The number of rotatable bonds is 6. The Bertz CT molecular complexity index is 583. The second-order valence-corrected chi connectivity index (χ2v) is 5.43. The van der Waals surface area contributed by atoms with Gasteiger partial charge in [0, 0.05) is 18.2 Å². The Morgan fingerprint density at radius 3 is 2.52 bits per heavy atom. The van der Waals surface area contributed by atoms with Gasteiger partial charge in [0.05, 0.1) is 6.10 Å². The van der Waals surface area contributed by atoms with Crippen LogP contribution in [0.4, 0.5) is 4.39 Å². The topological polar surface area (TPSA) is 21.3 Å². The zero-order valence-corrected chi connectivity index (χ0v) is 12.8. The number of ether oxygens (including phenoxy) is 1. The van der Waals surface area contributed by atoms with Crippen molar-refractivity contribution in [3.8, 4) is 5.75 Å². The summed E-state index contributed by atoms with van der Waals surface area (Å²) in [6.45, 7) is 6.58. The Kier molecular flexibility index (Phi) is 5.34. The molecule has 0 saturated heterocycles. The van der Waals surface area contributed by atoms with Crippen LogP contribution in [0.25, 0.3) is 0 Å². The second-order valence-electron chi connectivity index (χ2n) is 5.43. The molecule has 1 unspecified atom stereocenters. The minimum Gasteiger partial charge on any atom is -0.491 e. The summed E-state index contributed by atoms with van der Waals surface area (Å²) in [6.07, 6.45) is 0.155. The van der Waals surface area contributed by atoms with Gasteiger partial charge in [-0.3, -0.25) is 0 Å². The molecule has 0 fully saturated rings. The molecule has 0 radical (unpaired) electrons. The predicted molar refractivity (Wildman–Crippen MR) is 83.9 cm³/mol. The largest absolute Gasteiger partial charge is 0.491 e. The highest BCUT2D eigenvalue weighted by molar-refractivity contribution is 5.30. The van der Waals surface area contributed by atoms with Crippen LogP contribution >= 0.6 is 0 Å². The van der Waals surface area contributed by atoms with Crippen LogP contribution in [0.1, 0.15) is 37.9 Å². The van der Waals surface area contributed by atoms with Crippen molar-refractivity contribution in [3.05, 3.63) is 65.5 Å². The van der Waals surface area contributed by atoms with Crippen molar-refractivity contribution in [3.63, 3.8) is 0 Å². The van der Waals surface area contributed by atoms with Crippen molar-refractivity contribution in [1.29, 1.82) is 0 Å². The first kappa shape index (κ1) is 15.5. The van der Waals surface area contributed by atoms with Crippen LogP contribution in [0.15, 0.2) is 48.5 Å². The van der Waals surface area contributed by atoms with Crippen molar-refractivity contribution < 1.29 is 9.13 Å². The van der Waals surface area contributed by atoms with E-state index in [4.69, 9.17) is 4.74 Å². The van der Waals surface area contributed by atoms with E-state index in [1.807, 2.05) is 44.2 Å². The van der Waals surface area contributed by atoms with E-state index in [2.05, 4.69) is 12.2 Å². The lowest BCUT2D eigenvalue weighted by molar-refractivity contribution is 0.242. The Morgan fingerprint density at radius 2 is 1.81 bits per heavy atom. The Hall–Kier alpha value is -1.87. The fourth-order valence-electron chi connectivity index (χ4n) is 2.15. The third kappa shape index (κ3) is 4.57. The van der Waals surface area contributed by atoms with E-state index < -0.39 is 0 Å². The van der Waals surface area contributed by atoms with E-state index in [9.17, 15) is 4.39 Å². The highest BCUT2D eigenvalue weighted by Crippen LogP contribution is 2.20. The van der Waals surface area contributed by atoms with Crippen LogP contribution in [0.5, 0.6) is 5.75 Å². The van der Waals surface area contributed by atoms with Crippen LogP contribution in [0.2, 0.25) is 0 Å². The van der Waals surface area contributed by atoms with Gasteiger partial charge in [-0.15, -0.1) is 0 Å². The molecule has 2 aromatic rings. The standard InChI is InChI=1S/C18H22FNO/c1-13(2)21-17-9-6-8-15(11-17)14(3)20-12-16-7-4-5-10-18(16)19/h4-11,13-14,20H,12H2,1-3H3. The normalized spacial score (nSPS) is 12.4. The third-order valence-electron chi connectivity index (χ3n) is 3.29. The van der Waals surface area contributed by atoms with Crippen LogP contribution in [-0.2, 0) is 6.54 Å². The van der Waals surface area contributed by atoms with E-state index in [-0.39, 0.29) is 18.0 Å². The summed E-state index contributed by atoms with van der Waals surface area (Å²) in [5.74, 6) is 0.691. The molecule has 0 bridgehead atoms. The number of hydrogen-bond acceptors (Lipinski definition) is 2. The van der Waals surface area contributed by atoms with Crippen molar-refractivity contribution >= 4 is 0 Å². The lowest BCUT2D eigenvalue weighted by Gasteiger charge is -2.17. The first-order chi connectivity index (χ1) is 10.1. The summed E-state index contributed by atoms with van der Waals surface area (Å²) in [7, 11) is 0. The van der Waals surface area contributed by atoms with Crippen LogP contribution in [0, 0.1) is 5.82 Å². The van der Waals surface area contributed by atoms with Crippen molar-refractivity contribution in [2.45, 2.75) is 39.5 Å². The minimum absolute atomic E-state index is 0.125. The molecule has 0 saturated carbocycles. The molecule has 0 aliphatic rings. The number of benzene rings is 2. The monoisotopic (exact) mass is 287 g/mol. The van der Waals surface area contributed by atoms with Gasteiger partial charge in [0.15, 0.2) is 0 Å². The second kappa shape index (κ2) is 7.23. The lowest BCUT2D eigenvalue weighted by atomic mass is 10.1.